The molecule has 0 saturated carbocycles. The Morgan fingerprint density at radius 1 is 1.30 bits per heavy atom. The maximum absolute atomic E-state index is 12.9. The van der Waals surface area contributed by atoms with Crippen LogP contribution in [0.2, 0.25) is 0 Å². The predicted octanol–water partition coefficient (Wildman–Crippen LogP) is 1.60. The molecule has 2 unspecified atom stereocenters. The number of benzene rings is 1. The highest BCUT2D eigenvalue weighted by atomic mass is 16.2. The summed E-state index contributed by atoms with van der Waals surface area (Å²) in [6, 6.07) is 10.5. The van der Waals surface area contributed by atoms with Crippen LogP contribution in [-0.2, 0) is 17.6 Å². The summed E-state index contributed by atoms with van der Waals surface area (Å²) in [5.74, 6) is -0.169. The number of hydrogen-bond acceptors (Lipinski definition) is 4. The summed E-state index contributed by atoms with van der Waals surface area (Å²) in [5.41, 5.74) is 9.61. The molecule has 1 aliphatic heterocycles. The average molecular weight is 365 g/mol. The van der Waals surface area contributed by atoms with E-state index < -0.39 is 6.04 Å². The number of carbonyl (C=O) groups excluding carboxylic acids is 2. The van der Waals surface area contributed by atoms with Crippen molar-refractivity contribution in [2.45, 2.75) is 31.3 Å². The minimum atomic E-state index is -0.640. The number of hydrogen-bond donors (Lipinski definition) is 3. The zero-order valence-electron chi connectivity index (χ0n) is 15.0. The summed E-state index contributed by atoms with van der Waals surface area (Å²) < 4.78 is 0. The molecule has 1 aromatic carbocycles. The molecule has 27 heavy (non-hydrogen) atoms. The van der Waals surface area contributed by atoms with Gasteiger partial charge in [0.25, 0.3) is 0 Å². The van der Waals surface area contributed by atoms with Crippen LogP contribution in [0.4, 0.5) is 10.5 Å². The standard InChI is InChI=1S/C20H23N5O2/c21-15-6-7-17-14(10-15)11-16(12-23-17)24-20(27)25-9-8-22-19(26)18(25)13-4-2-1-3-5-13/h1-5,11-12,15,18H,6-10,21H2,(H,22,26)(H,24,27). The molecular formula is C20H23N5O2. The van der Waals surface area contributed by atoms with E-state index in [1.165, 1.54) is 0 Å². The quantitative estimate of drug-likeness (QED) is 0.752. The first-order valence-corrected chi connectivity index (χ1v) is 9.25. The van der Waals surface area contributed by atoms with Gasteiger partial charge in [-0.05, 0) is 36.5 Å². The van der Waals surface area contributed by atoms with Crippen molar-refractivity contribution in [1.29, 1.82) is 0 Å². The van der Waals surface area contributed by atoms with Gasteiger partial charge in [-0.3, -0.25) is 9.78 Å². The van der Waals surface area contributed by atoms with E-state index in [-0.39, 0.29) is 18.0 Å². The minimum Gasteiger partial charge on any atom is -0.352 e. The molecule has 2 aliphatic rings. The summed E-state index contributed by atoms with van der Waals surface area (Å²) >= 11 is 0. The number of nitrogens with zero attached hydrogens (tertiary/aromatic N) is 2. The highest BCUT2D eigenvalue weighted by Crippen LogP contribution is 2.25. The van der Waals surface area contributed by atoms with Gasteiger partial charge < -0.3 is 21.3 Å². The smallest absolute Gasteiger partial charge is 0.322 e. The van der Waals surface area contributed by atoms with E-state index in [4.69, 9.17) is 5.73 Å². The number of fused-ring (bicyclic) bond motifs is 1. The Morgan fingerprint density at radius 3 is 2.93 bits per heavy atom. The van der Waals surface area contributed by atoms with E-state index >= 15 is 0 Å². The highest BCUT2D eigenvalue weighted by molar-refractivity contribution is 5.95. The first-order valence-electron chi connectivity index (χ1n) is 9.25. The van der Waals surface area contributed by atoms with Gasteiger partial charge in [0, 0.05) is 24.8 Å². The van der Waals surface area contributed by atoms with Crippen LogP contribution in [0.1, 0.15) is 29.3 Å². The Morgan fingerprint density at radius 2 is 2.11 bits per heavy atom. The minimum absolute atomic E-state index is 0.138. The van der Waals surface area contributed by atoms with Crippen molar-refractivity contribution in [3.63, 3.8) is 0 Å². The van der Waals surface area contributed by atoms with Gasteiger partial charge in [0.2, 0.25) is 5.91 Å². The number of nitrogens with one attached hydrogen (secondary N) is 2. The fourth-order valence-electron chi connectivity index (χ4n) is 3.76. The topological polar surface area (TPSA) is 100 Å². The first kappa shape index (κ1) is 17.5. The molecule has 1 saturated heterocycles. The van der Waals surface area contributed by atoms with E-state index in [1.807, 2.05) is 36.4 Å². The molecule has 2 aromatic rings. The molecule has 1 aromatic heterocycles. The third-order valence-electron chi connectivity index (χ3n) is 5.13. The maximum atomic E-state index is 12.9. The summed E-state index contributed by atoms with van der Waals surface area (Å²) in [4.78, 5) is 31.4. The number of carbonyl (C=O) groups is 2. The van der Waals surface area contributed by atoms with Crippen LogP contribution < -0.4 is 16.4 Å². The number of rotatable bonds is 2. The molecule has 1 fully saturated rings. The summed E-state index contributed by atoms with van der Waals surface area (Å²) in [6.07, 6.45) is 4.25. The molecule has 0 spiro atoms. The lowest BCUT2D eigenvalue weighted by molar-refractivity contribution is -0.127. The predicted molar refractivity (Wildman–Crippen MR) is 102 cm³/mol. The highest BCUT2D eigenvalue weighted by Gasteiger charge is 2.34. The van der Waals surface area contributed by atoms with Crippen molar-refractivity contribution in [3.8, 4) is 0 Å². The lowest BCUT2D eigenvalue weighted by Gasteiger charge is -2.35. The van der Waals surface area contributed by atoms with E-state index in [2.05, 4.69) is 15.6 Å². The van der Waals surface area contributed by atoms with Crippen LogP contribution in [0.3, 0.4) is 0 Å². The number of anilines is 1. The van der Waals surface area contributed by atoms with E-state index in [0.717, 1.165) is 36.1 Å². The van der Waals surface area contributed by atoms with Crippen molar-refractivity contribution in [1.82, 2.24) is 15.2 Å². The average Bonchev–Trinajstić information content (AvgIpc) is 2.68. The van der Waals surface area contributed by atoms with Gasteiger partial charge in [-0.2, -0.15) is 0 Å². The summed E-state index contributed by atoms with van der Waals surface area (Å²) in [6.45, 7) is 0.882. The number of urea groups is 1. The first-order chi connectivity index (χ1) is 13.1. The zero-order chi connectivity index (χ0) is 18.8. The zero-order valence-corrected chi connectivity index (χ0v) is 15.0. The second kappa shape index (κ2) is 7.36. The number of pyridine rings is 1. The van der Waals surface area contributed by atoms with E-state index in [0.29, 0.717) is 18.8 Å². The second-order valence-electron chi connectivity index (χ2n) is 7.06. The van der Waals surface area contributed by atoms with E-state index in [9.17, 15) is 9.59 Å². The van der Waals surface area contributed by atoms with Crippen LogP contribution in [0, 0.1) is 0 Å². The van der Waals surface area contributed by atoms with Crippen molar-refractivity contribution in [2.75, 3.05) is 18.4 Å². The van der Waals surface area contributed by atoms with Gasteiger partial charge in [0.05, 0.1) is 11.9 Å². The largest absolute Gasteiger partial charge is 0.352 e. The van der Waals surface area contributed by atoms with Crippen LogP contribution in [0.15, 0.2) is 42.6 Å². The van der Waals surface area contributed by atoms with Gasteiger partial charge >= 0.3 is 6.03 Å². The monoisotopic (exact) mass is 365 g/mol. The Labute approximate surface area is 158 Å². The third-order valence-corrected chi connectivity index (χ3v) is 5.13. The molecule has 3 amide bonds. The number of piperazine rings is 1. The van der Waals surface area contributed by atoms with Crippen LogP contribution in [-0.4, -0.2) is 41.0 Å². The molecule has 7 nitrogen and oxygen atoms in total. The van der Waals surface area contributed by atoms with Gasteiger partial charge in [-0.15, -0.1) is 0 Å². The fourth-order valence-corrected chi connectivity index (χ4v) is 3.76. The number of aromatic nitrogens is 1. The summed E-state index contributed by atoms with van der Waals surface area (Å²) in [5, 5.41) is 5.74. The maximum Gasteiger partial charge on any atom is 0.322 e. The molecule has 7 heteroatoms. The molecular weight excluding hydrogens is 342 g/mol. The Bertz CT molecular complexity index is 855. The molecule has 2 atom stereocenters. The van der Waals surface area contributed by atoms with E-state index in [1.54, 1.807) is 11.1 Å². The summed E-state index contributed by atoms with van der Waals surface area (Å²) in [7, 11) is 0. The number of nitrogens with two attached hydrogens (primary N) is 1. The SMILES string of the molecule is NC1CCc2ncc(NC(=O)N3CCNC(=O)C3c3ccccc3)cc2C1. The Balaban J connectivity index is 1.54. The van der Waals surface area contributed by atoms with Gasteiger partial charge in [0.1, 0.15) is 6.04 Å². The van der Waals surface area contributed by atoms with Gasteiger partial charge in [0.15, 0.2) is 0 Å². The Kier molecular flexibility index (Phi) is 4.77. The van der Waals surface area contributed by atoms with Crippen molar-refractivity contribution in [2.24, 2.45) is 5.73 Å². The third kappa shape index (κ3) is 3.64. The van der Waals surface area contributed by atoms with Crippen molar-refractivity contribution >= 4 is 17.6 Å². The van der Waals surface area contributed by atoms with Crippen LogP contribution in [0.5, 0.6) is 0 Å². The lowest BCUT2D eigenvalue weighted by atomic mass is 9.92. The second-order valence-corrected chi connectivity index (χ2v) is 7.06. The molecule has 1 aliphatic carbocycles. The molecule has 4 N–H and O–H groups in total. The molecule has 2 heterocycles. The normalized spacial score (nSPS) is 22.0. The van der Waals surface area contributed by atoms with Crippen LogP contribution >= 0.6 is 0 Å². The molecule has 140 valence electrons. The van der Waals surface area contributed by atoms with Crippen molar-refractivity contribution in [3.05, 3.63) is 59.4 Å². The van der Waals surface area contributed by atoms with Crippen LogP contribution in [0.25, 0.3) is 0 Å². The molecule has 4 rings (SSSR count). The lowest BCUT2D eigenvalue weighted by Crippen LogP contribution is -2.53. The molecule has 0 bridgehead atoms. The molecule has 0 radical (unpaired) electrons. The Hall–Kier alpha value is -2.93. The fraction of sp³-hybridized carbons (Fsp3) is 0.350. The number of amides is 3. The van der Waals surface area contributed by atoms with Gasteiger partial charge in [-0.1, -0.05) is 30.3 Å². The number of aryl methyl sites for hydroxylation is 1. The van der Waals surface area contributed by atoms with Gasteiger partial charge in [-0.25, -0.2) is 4.79 Å². The van der Waals surface area contributed by atoms with Crippen molar-refractivity contribution < 1.29 is 9.59 Å².